The fourth-order valence-corrected chi connectivity index (χ4v) is 6.08. The molecule has 5 atom stereocenters. The van der Waals surface area contributed by atoms with Gasteiger partial charge < -0.3 is 14.9 Å². The van der Waals surface area contributed by atoms with Gasteiger partial charge in [0.2, 0.25) is 4.93 Å². The molecule has 0 spiro atoms. The number of nitrogens with zero attached hydrogens (tertiary/aromatic N) is 1. The number of sulfone groups is 1. The molecular weight excluding hydrogens is 484 g/mol. The van der Waals surface area contributed by atoms with Crippen LogP contribution in [-0.4, -0.2) is 62.2 Å². The summed E-state index contributed by atoms with van der Waals surface area (Å²) in [4.78, 5) is 34.4. The molecule has 0 saturated carbocycles. The van der Waals surface area contributed by atoms with E-state index >= 15 is 0 Å². The molecule has 3 N–H and O–H groups in total. The quantitative estimate of drug-likeness (QED) is 0.364. The first-order chi connectivity index (χ1) is 13.9. The van der Waals surface area contributed by atoms with Crippen LogP contribution in [-0.2, 0) is 14.6 Å². The minimum absolute atomic E-state index is 0.0797. The maximum absolute atomic E-state index is 12.7. The molecule has 1 aliphatic heterocycles. The second kappa shape index (κ2) is 7.85. The second-order valence-electron chi connectivity index (χ2n) is 7.03. The number of aryl methyl sites for hydroxylation is 1. The van der Waals surface area contributed by atoms with Gasteiger partial charge in [-0.05, 0) is 6.92 Å². The van der Waals surface area contributed by atoms with Crippen molar-refractivity contribution in [3.05, 3.63) is 68.5 Å². The summed E-state index contributed by atoms with van der Waals surface area (Å²) in [5.41, 5.74) is -1.35. The Bertz CT molecular complexity index is 1190. The predicted molar refractivity (Wildman–Crippen MR) is 109 cm³/mol. The smallest absolute Gasteiger partial charge is 0.330 e. The Morgan fingerprint density at radius 3 is 2.47 bits per heavy atom. The van der Waals surface area contributed by atoms with Crippen molar-refractivity contribution in [1.29, 1.82) is 0 Å². The zero-order chi connectivity index (χ0) is 22.4. The van der Waals surface area contributed by atoms with E-state index in [0.717, 1.165) is 17.0 Å². The third-order valence-corrected chi connectivity index (χ3v) is 8.09. The number of aromatic amines is 1. The van der Waals surface area contributed by atoms with Gasteiger partial charge in [-0.3, -0.25) is 19.1 Å². The molecule has 0 amide bonds. The Morgan fingerprint density at radius 1 is 1.30 bits per heavy atom. The molecule has 0 aliphatic carbocycles. The van der Waals surface area contributed by atoms with Crippen molar-refractivity contribution in [3.63, 3.8) is 0 Å². The molecule has 0 radical (unpaired) electrons. The van der Waals surface area contributed by atoms with Gasteiger partial charge in [0.25, 0.3) is 5.56 Å². The molecule has 1 saturated heterocycles. The summed E-state index contributed by atoms with van der Waals surface area (Å²) in [7, 11) is -4.35. The summed E-state index contributed by atoms with van der Waals surface area (Å²) in [6, 6.07) is 7.59. The number of alkyl halides is 1. The highest BCUT2D eigenvalue weighted by Gasteiger charge is 2.65. The van der Waals surface area contributed by atoms with E-state index in [1.165, 1.54) is 19.1 Å². The number of aromatic nitrogens is 2. The lowest BCUT2D eigenvalue weighted by atomic mass is 9.98. The van der Waals surface area contributed by atoms with Crippen LogP contribution in [0.1, 0.15) is 22.1 Å². The fraction of sp³-hybridized carbons (Fsp3) is 0.389. The van der Waals surface area contributed by atoms with Crippen molar-refractivity contribution < 1.29 is 28.2 Å². The number of Topliss-reactive ketones (excluding diaryl/α,β-unsaturated/α-hetero) is 1. The van der Waals surface area contributed by atoms with Crippen molar-refractivity contribution in [3.8, 4) is 0 Å². The number of rotatable bonds is 5. The zero-order valence-corrected chi connectivity index (χ0v) is 18.3. The van der Waals surface area contributed by atoms with Gasteiger partial charge in [-0.15, -0.1) is 0 Å². The molecule has 2 heterocycles. The average Bonchev–Trinajstić information content (AvgIpc) is 2.96. The SMILES string of the molecule is Cc1cn([C@@H]2O[C@H](C(O)C(=O)c3ccccc3)[C@@](O)(S(C)(=O)=O)[C@H]2Br)c(=O)[nH]c1=O. The molecular formula is C18H19BrN2O8S. The number of benzene rings is 1. The predicted octanol–water partition coefficient (Wildman–Crippen LogP) is -0.517. The van der Waals surface area contributed by atoms with Crippen LogP contribution in [0.5, 0.6) is 0 Å². The summed E-state index contributed by atoms with van der Waals surface area (Å²) in [5.74, 6) is -0.868. The number of ether oxygens (including phenoxy) is 1. The van der Waals surface area contributed by atoms with Gasteiger partial charge in [0.15, 0.2) is 21.8 Å². The summed E-state index contributed by atoms with van der Waals surface area (Å²) in [5, 5.41) is 21.8. The van der Waals surface area contributed by atoms with E-state index in [1.54, 1.807) is 18.2 Å². The van der Waals surface area contributed by atoms with Crippen molar-refractivity contribution in [1.82, 2.24) is 9.55 Å². The summed E-state index contributed by atoms with van der Waals surface area (Å²) < 4.78 is 31.4. The van der Waals surface area contributed by atoms with Gasteiger partial charge in [-0.1, -0.05) is 46.3 Å². The lowest BCUT2D eigenvalue weighted by Gasteiger charge is -2.31. The Hall–Kier alpha value is -2.12. The molecule has 0 bridgehead atoms. The average molecular weight is 503 g/mol. The minimum atomic E-state index is -4.35. The minimum Gasteiger partial charge on any atom is -0.382 e. The number of carbonyl (C=O) groups is 1. The van der Waals surface area contributed by atoms with Gasteiger partial charge in [-0.25, -0.2) is 13.2 Å². The van der Waals surface area contributed by atoms with Gasteiger partial charge in [-0.2, -0.15) is 0 Å². The van der Waals surface area contributed by atoms with E-state index in [1.807, 2.05) is 0 Å². The summed E-state index contributed by atoms with van der Waals surface area (Å²) >= 11 is 3.06. The van der Waals surface area contributed by atoms with E-state index in [4.69, 9.17) is 4.74 Å². The summed E-state index contributed by atoms with van der Waals surface area (Å²) in [6.45, 7) is 1.42. The molecule has 1 aliphatic rings. The van der Waals surface area contributed by atoms with E-state index in [-0.39, 0.29) is 11.1 Å². The third-order valence-electron chi connectivity index (χ3n) is 4.97. The topological polar surface area (TPSA) is 156 Å². The molecule has 30 heavy (non-hydrogen) atoms. The van der Waals surface area contributed by atoms with Crippen LogP contribution < -0.4 is 11.2 Å². The van der Waals surface area contributed by atoms with Crippen LogP contribution in [0.2, 0.25) is 0 Å². The molecule has 1 unspecified atom stereocenters. The largest absolute Gasteiger partial charge is 0.382 e. The van der Waals surface area contributed by atoms with Crippen molar-refractivity contribution in [2.75, 3.05) is 6.26 Å². The Kier molecular flexibility index (Phi) is 5.91. The van der Waals surface area contributed by atoms with Crippen molar-refractivity contribution in [2.45, 2.75) is 35.1 Å². The Labute approximate surface area is 179 Å². The molecule has 10 nitrogen and oxygen atoms in total. The molecule has 1 aromatic heterocycles. The number of aliphatic hydroxyl groups is 2. The first-order valence-electron chi connectivity index (χ1n) is 8.70. The van der Waals surface area contributed by atoms with Gasteiger partial charge in [0, 0.05) is 23.6 Å². The first kappa shape index (κ1) is 22.6. The highest BCUT2D eigenvalue weighted by Crippen LogP contribution is 2.46. The number of aliphatic hydroxyl groups excluding tert-OH is 1. The molecule has 12 heteroatoms. The maximum Gasteiger partial charge on any atom is 0.330 e. The maximum atomic E-state index is 12.7. The normalized spacial score (nSPS) is 27.7. The fourth-order valence-electron chi connectivity index (χ4n) is 3.29. The van der Waals surface area contributed by atoms with E-state index in [9.17, 15) is 33.0 Å². The number of ketones is 1. The zero-order valence-electron chi connectivity index (χ0n) is 15.9. The highest BCUT2D eigenvalue weighted by molar-refractivity contribution is 9.09. The molecule has 3 rings (SSSR count). The van der Waals surface area contributed by atoms with Crippen LogP contribution in [0, 0.1) is 6.92 Å². The van der Waals surface area contributed by atoms with Gasteiger partial charge >= 0.3 is 5.69 Å². The Balaban J connectivity index is 2.11. The van der Waals surface area contributed by atoms with Gasteiger partial charge in [0.05, 0.1) is 0 Å². The number of hydrogen-bond acceptors (Lipinski definition) is 8. The molecule has 1 aromatic carbocycles. The molecule has 2 aromatic rings. The number of H-pyrrole nitrogens is 1. The van der Waals surface area contributed by atoms with Crippen molar-refractivity contribution in [2.24, 2.45) is 0 Å². The number of carbonyl (C=O) groups excluding carboxylic acids is 1. The molecule has 1 fully saturated rings. The van der Waals surface area contributed by atoms with Crippen LogP contribution >= 0.6 is 15.9 Å². The number of halogens is 1. The van der Waals surface area contributed by atoms with E-state index < -0.39 is 55.1 Å². The Morgan fingerprint density at radius 2 is 1.90 bits per heavy atom. The van der Waals surface area contributed by atoms with Crippen LogP contribution in [0.3, 0.4) is 0 Å². The highest BCUT2D eigenvalue weighted by atomic mass is 79.9. The first-order valence-corrected chi connectivity index (χ1v) is 11.5. The van der Waals surface area contributed by atoms with Crippen LogP contribution in [0.4, 0.5) is 0 Å². The lowest BCUT2D eigenvalue weighted by Crippen LogP contribution is -2.57. The van der Waals surface area contributed by atoms with Crippen molar-refractivity contribution >= 4 is 31.6 Å². The van der Waals surface area contributed by atoms with Gasteiger partial charge in [0.1, 0.15) is 17.0 Å². The van der Waals surface area contributed by atoms with Crippen LogP contribution in [0.15, 0.2) is 46.1 Å². The van der Waals surface area contributed by atoms with Crippen LogP contribution in [0.25, 0.3) is 0 Å². The lowest BCUT2D eigenvalue weighted by molar-refractivity contribution is -0.0806. The third kappa shape index (κ3) is 3.58. The van der Waals surface area contributed by atoms with E-state index in [0.29, 0.717) is 0 Å². The van der Waals surface area contributed by atoms with E-state index in [2.05, 4.69) is 20.9 Å². The summed E-state index contributed by atoms with van der Waals surface area (Å²) in [6.07, 6.45) is -3.57. The monoisotopic (exact) mass is 502 g/mol. The number of hydrogen-bond donors (Lipinski definition) is 3. The second-order valence-corrected chi connectivity index (χ2v) is 10.2. The number of nitrogens with one attached hydrogen (secondary N) is 1. The standard InChI is InChI=1S/C18H19BrN2O8S/c1-9-8-21(17(25)20-15(9)24)16-13(19)18(26,30(2,27)28)14(29-16)12(23)11(22)10-6-4-3-5-7-10/h3-8,12-14,16,23,26H,1-2H3,(H,20,24,25)/t12?,13-,14+,16+,18-/m0/s1. The molecule has 162 valence electrons.